The van der Waals surface area contributed by atoms with Gasteiger partial charge in [0.05, 0.1) is 5.69 Å². The molecule has 0 saturated carbocycles. The number of hydrogen-bond acceptors (Lipinski definition) is 5. The standard InChI is InChI=1S/C11H10ClF3N4O/c1-5-7(6(2)20-19-5)4-16-9-3-8(12)17-10(18-9)11(13,14)15/h3H,4H2,1-2H3,(H,16,17,18). The Labute approximate surface area is 117 Å². The quantitative estimate of drug-likeness (QED) is 0.881. The highest BCUT2D eigenvalue weighted by molar-refractivity contribution is 6.29. The van der Waals surface area contributed by atoms with Gasteiger partial charge in [-0.15, -0.1) is 0 Å². The van der Waals surface area contributed by atoms with Gasteiger partial charge in [0.2, 0.25) is 5.82 Å². The SMILES string of the molecule is Cc1noc(C)c1CNc1cc(Cl)nc(C(F)(F)F)n1. The van der Waals surface area contributed by atoms with Gasteiger partial charge in [0, 0.05) is 18.2 Å². The smallest absolute Gasteiger partial charge is 0.366 e. The number of halogens is 4. The summed E-state index contributed by atoms with van der Waals surface area (Å²) in [4.78, 5) is 6.52. The molecule has 2 aromatic rings. The van der Waals surface area contributed by atoms with Gasteiger partial charge in [0.25, 0.3) is 0 Å². The second-order valence-electron chi connectivity index (χ2n) is 4.05. The van der Waals surface area contributed by atoms with E-state index in [0.717, 1.165) is 5.56 Å². The van der Waals surface area contributed by atoms with Crippen LogP contribution in [0.2, 0.25) is 5.15 Å². The van der Waals surface area contributed by atoms with E-state index in [1.165, 1.54) is 6.07 Å². The molecule has 0 aromatic carbocycles. The molecule has 5 nitrogen and oxygen atoms in total. The zero-order chi connectivity index (χ0) is 14.9. The van der Waals surface area contributed by atoms with Crippen LogP contribution in [0.1, 0.15) is 22.8 Å². The zero-order valence-corrected chi connectivity index (χ0v) is 11.3. The summed E-state index contributed by atoms with van der Waals surface area (Å²) in [6, 6.07) is 1.22. The number of aromatic nitrogens is 3. The third kappa shape index (κ3) is 3.19. The molecule has 0 aliphatic rings. The Morgan fingerprint density at radius 2 is 2.00 bits per heavy atom. The second-order valence-corrected chi connectivity index (χ2v) is 4.44. The molecule has 0 bridgehead atoms. The average Bonchev–Trinajstić information content (AvgIpc) is 2.65. The Bertz CT molecular complexity index is 607. The van der Waals surface area contributed by atoms with Gasteiger partial charge >= 0.3 is 6.18 Å². The first kappa shape index (κ1) is 14.6. The molecule has 0 saturated heterocycles. The van der Waals surface area contributed by atoms with E-state index in [4.69, 9.17) is 16.1 Å². The molecule has 2 aromatic heterocycles. The number of aryl methyl sites for hydroxylation is 2. The maximum atomic E-state index is 12.6. The Morgan fingerprint density at radius 3 is 2.55 bits per heavy atom. The van der Waals surface area contributed by atoms with Crippen LogP contribution in [-0.4, -0.2) is 15.1 Å². The third-order valence-corrected chi connectivity index (χ3v) is 2.77. The van der Waals surface area contributed by atoms with E-state index in [-0.39, 0.29) is 17.5 Å². The molecule has 0 atom stereocenters. The molecule has 2 heterocycles. The van der Waals surface area contributed by atoms with Crippen LogP contribution in [-0.2, 0) is 12.7 Å². The van der Waals surface area contributed by atoms with E-state index in [9.17, 15) is 13.2 Å². The lowest BCUT2D eigenvalue weighted by Gasteiger charge is -2.09. The van der Waals surface area contributed by atoms with Crippen molar-refractivity contribution in [1.82, 2.24) is 15.1 Å². The van der Waals surface area contributed by atoms with E-state index in [0.29, 0.717) is 11.5 Å². The van der Waals surface area contributed by atoms with Crippen molar-refractivity contribution in [2.24, 2.45) is 0 Å². The summed E-state index contributed by atoms with van der Waals surface area (Å²) >= 11 is 5.56. The fourth-order valence-corrected chi connectivity index (χ4v) is 1.75. The predicted molar refractivity (Wildman–Crippen MR) is 65.3 cm³/mol. The summed E-state index contributed by atoms with van der Waals surface area (Å²) in [6.45, 7) is 3.68. The number of rotatable bonds is 3. The Balaban J connectivity index is 2.20. The highest BCUT2D eigenvalue weighted by Crippen LogP contribution is 2.28. The van der Waals surface area contributed by atoms with E-state index in [1.54, 1.807) is 13.8 Å². The van der Waals surface area contributed by atoms with Crippen LogP contribution in [0, 0.1) is 13.8 Å². The fourth-order valence-electron chi connectivity index (χ4n) is 1.57. The number of nitrogens with one attached hydrogen (secondary N) is 1. The van der Waals surface area contributed by atoms with Crippen LogP contribution in [0.3, 0.4) is 0 Å². The van der Waals surface area contributed by atoms with Crippen molar-refractivity contribution in [3.63, 3.8) is 0 Å². The molecule has 0 aliphatic carbocycles. The van der Waals surface area contributed by atoms with Gasteiger partial charge in [0.1, 0.15) is 16.7 Å². The zero-order valence-electron chi connectivity index (χ0n) is 10.5. The molecule has 0 fully saturated rings. The normalized spacial score (nSPS) is 11.7. The Morgan fingerprint density at radius 1 is 1.30 bits per heavy atom. The number of alkyl halides is 3. The summed E-state index contributed by atoms with van der Waals surface area (Å²) in [7, 11) is 0. The van der Waals surface area contributed by atoms with Gasteiger partial charge < -0.3 is 9.84 Å². The summed E-state index contributed by atoms with van der Waals surface area (Å²) < 4.78 is 42.6. The largest absolute Gasteiger partial charge is 0.451 e. The molecule has 108 valence electrons. The average molecular weight is 307 g/mol. The highest BCUT2D eigenvalue weighted by atomic mass is 35.5. The molecule has 20 heavy (non-hydrogen) atoms. The van der Waals surface area contributed by atoms with Gasteiger partial charge in [-0.05, 0) is 13.8 Å². The lowest BCUT2D eigenvalue weighted by Crippen LogP contribution is -2.13. The van der Waals surface area contributed by atoms with Gasteiger partial charge in [-0.1, -0.05) is 16.8 Å². The summed E-state index contributed by atoms with van der Waals surface area (Å²) in [5.41, 5.74) is 1.42. The first-order valence-electron chi connectivity index (χ1n) is 5.55. The van der Waals surface area contributed by atoms with Gasteiger partial charge in [-0.3, -0.25) is 0 Å². The van der Waals surface area contributed by atoms with E-state index in [2.05, 4.69) is 20.4 Å². The topological polar surface area (TPSA) is 63.8 Å². The first-order chi connectivity index (χ1) is 9.27. The molecule has 0 aliphatic heterocycles. The Hall–Kier alpha value is -1.83. The van der Waals surface area contributed by atoms with Crippen molar-refractivity contribution < 1.29 is 17.7 Å². The van der Waals surface area contributed by atoms with Crippen molar-refractivity contribution in [2.45, 2.75) is 26.6 Å². The summed E-state index contributed by atoms with van der Waals surface area (Å²) in [5, 5.41) is 6.21. The lowest BCUT2D eigenvalue weighted by atomic mass is 10.2. The van der Waals surface area contributed by atoms with Crippen LogP contribution in [0.4, 0.5) is 19.0 Å². The molecule has 2 rings (SSSR count). The Kier molecular flexibility index (Phi) is 3.85. The van der Waals surface area contributed by atoms with Gasteiger partial charge in [0.15, 0.2) is 0 Å². The molecule has 0 amide bonds. The van der Waals surface area contributed by atoms with Crippen LogP contribution >= 0.6 is 11.6 Å². The molecular formula is C11H10ClF3N4O. The van der Waals surface area contributed by atoms with Crippen LogP contribution in [0.15, 0.2) is 10.6 Å². The minimum absolute atomic E-state index is 0.0164. The van der Waals surface area contributed by atoms with E-state index in [1.807, 2.05) is 0 Å². The summed E-state index contributed by atoms with van der Waals surface area (Å²) in [5.74, 6) is -0.713. The van der Waals surface area contributed by atoms with Crippen molar-refractivity contribution >= 4 is 17.4 Å². The predicted octanol–water partition coefficient (Wildman–Crippen LogP) is 3.37. The minimum Gasteiger partial charge on any atom is -0.366 e. The van der Waals surface area contributed by atoms with E-state index >= 15 is 0 Å². The lowest BCUT2D eigenvalue weighted by molar-refractivity contribution is -0.144. The second kappa shape index (κ2) is 5.28. The third-order valence-electron chi connectivity index (χ3n) is 2.58. The van der Waals surface area contributed by atoms with Crippen LogP contribution in [0.5, 0.6) is 0 Å². The molecular weight excluding hydrogens is 297 g/mol. The highest BCUT2D eigenvalue weighted by Gasteiger charge is 2.35. The van der Waals surface area contributed by atoms with Crippen molar-refractivity contribution in [3.8, 4) is 0 Å². The maximum absolute atomic E-state index is 12.6. The van der Waals surface area contributed by atoms with Gasteiger partial charge in [-0.2, -0.15) is 13.2 Å². The van der Waals surface area contributed by atoms with Crippen LogP contribution in [0.25, 0.3) is 0 Å². The molecule has 0 spiro atoms. The van der Waals surface area contributed by atoms with Gasteiger partial charge in [-0.25, -0.2) is 9.97 Å². The molecule has 9 heteroatoms. The van der Waals surface area contributed by atoms with Crippen LogP contribution < -0.4 is 5.32 Å². The monoisotopic (exact) mass is 306 g/mol. The van der Waals surface area contributed by atoms with Crippen molar-refractivity contribution in [1.29, 1.82) is 0 Å². The number of anilines is 1. The maximum Gasteiger partial charge on any atom is 0.451 e. The van der Waals surface area contributed by atoms with E-state index < -0.39 is 12.0 Å². The molecule has 0 radical (unpaired) electrons. The molecule has 0 unspecified atom stereocenters. The minimum atomic E-state index is -4.65. The number of hydrogen-bond donors (Lipinski definition) is 1. The summed E-state index contributed by atoms with van der Waals surface area (Å²) in [6.07, 6.45) is -4.65. The first-order valence-corrected chi connectivity index (χ1v) is 5.92. The fraction of sp³-hybridized carbons (Fsp3) is 0.364. The van der Waals surface area contributed by atoms with Crippen molar-refractivity contribution in [3.05, 3.63) is 34.1 Å². The molecule has 1 N–H and O–H groups in total. The van der Waals surface area contributed by atoms with Crippen molar-refractivity contribution in [2.75, 3.05) is 5.32 Å². The number of nitrogens with zero attached hydrogens (tertiary/aromatic N) is 3.